The second-order valence-electron chi connectivity index (χ2n) is 8.17. The van der Waals surface area contributed by atoms with Crippen LogP contribution in [0.25, 0.3) is 11.0 Å². The quantitative estimate of drug-likeness (QED) is 0.516. The number of esters is 1. The molecule has 1 aliphatic heterocycles. The number of pyridine rings is 1. The summed E-state index contributed by atoms with van der Waals surface area (Å²) < 4.78 is 42.4. The van der Waals surface area contributed by atoms with Crippen LogP contribution in [0.3, 0.4) is 0 Å². The maximum absolute atomic E-state index is 14.9. The van der Waals surface area contributed by atoms with Crippen LogP contribution in [-0.4, -0.2) is 40.4 Å². The van der Waals surface area contributed by atoms with Gasteiger partial charge in [-0.1, -0.05) is 13.8 Å². The molecule has 1 aliphatic rings. The van der Waals surface area contributed by atoms with Gasteiger partial charge in [0.1, 0.15) is 11.3 Å². The molecule has 0 radical (unpaired) electrons. The molecule has 0 amide bonds. The summed E-state index contributed by atoms with van der Waals surface area (Å²) in [4.78, 5) is 28.9. The number of fused-ring (bicyclic) bond motifs is 1. The predicted molar refractivity (Wildman–Crippen MR) is 112 cm³/mol. The molecule has 1 atom stereocenters. The summed E-state index contributed by atoms with van der Waals surface area (Å²) in [6.07, 6.45) is 1.07. The van der Waals surface area contributed by atoms with Crippen molar-refractivity contribution in [1.29, 1.82) is 0 Å². The molecular formula is C21H20BrF2N3O4. The largest absolute Gasteiger partial charge is 0.465 e. The summed E-state index contributed by atoms with van der Waals surface area (Å²) in [5, 5.41) is 0. The van der Waals surface area contributed by atoms with Gasteiger partial charge in [0.2, 0.25) is 0 Å². The number of methoxy groups -OCH3 is 1. The summed E-state index contributed by atoms with van der Waals surface area (Å²) in [6, 6.07) is 3.47. The van der Waals surface area contributed by atoms with E-state index in [0.29, 0.717) is 24.6 Å². The molecule has 0 bridgehead atoms. The van der Waals surface area contributed by atoms with Crippen molar-refractivity contribution in [1.82, 2.24) is 14.1 Å². The monoisotopic (exact) mass is 495 g/mol. The Labute approximate surface area is 184 Å². The third-order valence-electron chi connectivity index (χ3n) is 5.55. The van der Waals surface area contributed by atoms with Crippen LogP contribution >= 0.6 is 15.9 Å². The molecule has 2 aromatic heterocycles. The molecule has 1 unspecified atom stereocenters. The third-order valence-corrected chi connectivity index (χ3v) is 6.16. The number of ether oxygens (including phenoxy) is 2. The first-order valence-corrected chi connectivity index (χ1v) is 10.3. The van der Waals surface area contributed by atoms with E-state index in [1.807, 2.05) is 13.8 Å². The lowest BCUT2D eigenvalue weighted by Gasteiger charge is -2.28. The minimum Gasteiger partial charge on any atom is -0.465 e. The fourth-order valence-electron chi connectivity index (χ4n) is 3.87. The van der Waals surface area contributed by atoms with Gasteiger partial charge in [-0.3, -0.25) is 4.79 Å². The van der Waals surface area contributed by atoms with E-state index >= 15 is 0 Å². The second-order valence-corrected chi connectivity index (χ2v) is 9.02. The second kappa shape index (κ2) is 7.83. The molecule has 0 spiro atoms. The molecule has 10 heteroatoms. The number of rotatable bonds is 4. The van der Waals surface area contributed by atoms with Crippen LogP contribution in [0, 0.1) is 17.0 Å². The van der Waals surface area contributed by atoms with E-state index in [4.69, 9.17) is 9.47 Å². The van der Waals surface area contributed by atoms with Crippen LogP contribution in [0.5, 0.6) is 0 Å². The van der Waals surface area contributed by atoms with Crippen molar-refractivity contribution in [3.8, 4) is 0 Å². The van der Waals surface area contributed by atoms with Crippen molar-refractivity contribution in [2.45, 2.75) is 26.4 Å². The van der Waals surface area contributed by atoms with Crippen molar-refractivity contribution in [3.05, 3.63) is 62.2 Å². The van der Waals surface area contributed by atoms with E-state index in [-0.39, 0.29) is 33.6 Å². The topological polar surface area (TPSA) is 75.4 Å². The molecule has 1 aromatic carbocycles. The van der Waals surface area contributed by atoms with Gasteiger partial charge in [-0.05, 0) is 28.1 Å². The number of nitrogens with zero attached hydrogens (tertiary/aromatic N) is 3. The van der Waals surface area contributed by atoms with Crippen molar-refractivity contribution < 1.29 is 23.0 Å². The van der Waals surface area contributed by atoms with Crippen LogP contribution in [0.1, 0.15) is 36.1 Å². The Hall–Kier alpha value is -2.59. The van der Waals surface area contributed by atoms with Crippen molar-refractivity contribution >= 4 is 32.9 Å². The Morgan fingerprint density at radius 2 is 2.06 bits per heavy atom. The lowest BCUT2D eigenvalue weighted by Crippen LogP contribution is -2.29. The van der Waals surface area contributed by atoms with Crippen LogP contribution in [-0.2, 0) is 16.0 Å². The smallest absolute Gasteiger partial charge is 0.338 e. The predicted octanol–water partition coefficient (Wildman–Crippen LogP) is 3.67. The molecule has 0 N–H and O–H groups in total. The molecule has 0 saturated carbocycles. The fourth-order valence-corrected chi connectivity index (χ4v) is 4.17. The first-order chi connectivity index (χ1) is 14.6. The lowest BCUT2D eigenvalue weighted by molar-refractivity contribution is 0.0600. The molecule has 1 fully saturated rings. The van der Waals surface area contributed by atoms with Gasteiger partial charge in [-0.25, -0.2) is 18.6 Å². The number of benzene rings is 1. The lowest BCUT2D eigenvalue weighted by atomic mass is 9.87. The molecule has 3 aromatic rings. The SMILES string of the molecule is COC(=O)c1cc(F)c2nc(Cn3cc(F)c(Br)cc3=O)n(C3COCC3(C)C)c2c1. The highest BCUT2D eigenvalue weighted by Crippen LogP contribution is 2.40. The summed E-state index contributed by atoms with van der Waals surface area (Å²) in [6.45, 7) is 4.75. The van der Waals surface area contributed by atoms with Crippen LogP contribution in [0.15, 0.2) is 33.7 Å². The van der Waals surface area contributed by atoms with Gasteiger partial charge in [-0.2, -0.15) is 0 Å². The summed E-state index contributed by atoms with van der Waals surface area (Å²) in [5.41, 5.74) is -0.287. The molecule has 1 saturated heterocycles. The molecule has 31 heavy (non-hydrogen) atoms. The van der Waals surface area contributed by atoms with Crippen molar-refractivity contribution in [3.63, 3.8) is 0 Å². The van der Waals surface area contributed by atoms with Gasteiger partial charge in [-0.15, -0.1) is 0 Å². The Morgan fingerprint density at radius 3 is 2.71 bits per heavy atom. The first kappa shape index (κ1) is 21.6. The number of imidazole rings is 1. The zero-order chi connectivity index (χ0) is 22.5. The minimum absolute atomic E-state index is 0.0452. The first-order valence-electron chi connectivity index (χ1n) is 9.54. The zero-order valence-electron chi connectivity index (χ0n) is 17.1. The van der Waals surface area contributed by atoms with Gasteiger partial charge in [0.25, 0.3) is 5.56 Å². The van der Waals surface area contributed by atoms with Crippen LogP contribution in [0.4, 0.5) is 8.78 Å². The molecule has 0 aliphatic carbocycles. The molecule has 4 rings (SSSR count). The van der Waals surface area contributed by atoms with E-state index in [9.17, 15) is 18.4 Å². The zero-order valence-corrected chi connectivity index (χ0v) is 18.7. The Kier molecular flexibility index (Phi) is 5.47. The molecular weight excluding hydrogens is 476 g/mol. The van der Waals surface area contributed by atoms with Crippen LogP contribution < -0.4 is 5.56 Å². The number of aromatic nitrogens is 3. The van der Waals surface area contributed by atoms with Gasteiger partial charge in [0.15, 0.2) is 11.6 Å². The summed E-state index contributed by atoms with van der Waals surface area (Å²) >= 11 is 3.00. The van der Waals surface area contributed by atoms with Crippen LogP contribution in [0.2, 0.25) is 0 Å². The highest BCUT2D eigenvalue weighted by Gasteiger charge is 2.39. The number of hydrogen-bond donors (Lipinski definition) is 0. The van der Waals surface area contributed by atoms with E-state index in [2.05, 4.69) is 20.9 Å². The summed E-state index contributed by atoms with van der Waals surface area (Å²) in [5.74, 6) is -1.62. The number of carbonyl (C=O) groups excluding carboxylic acids is 1. The molecule has 164 valence electrons. The minimum atomic E-state index is -0.691. The maximum atomic E-state index is 14.9. The van der Waals surface area contributed by atoms with Gasteiger partial charge in [0.05, 0.1) is 48.5 Å². The molecule has 7 nitrogen and oxygen atoms in total. The Morgan fingerprint density at radius 1 is 1.32 bits per heavy atom. The Bertz CT molecular complexity index is 1250. The number of carbonyl (C=O) groups is 1. The van der Waals surface area contributed by atoms with Gasteiger partial charge in [0, 0.05) is 17.7 Å². The standard InChI is InChI=1S/C21H20BrF2N3O4/c1-21(2)10-31-9-16(21)27-15-5-11(20(29)30-3)4-13(23)19(15)25-17(27)8-26-7-14(24)12(22)6-18(26)28/h4-7,16H,8-10H2,1-3H3. The number of halogens is 3. The average molecular weight is 496 g/mol. The highest BCUT2D eigenvalue weighted by molar-refractivity contribution is 9.10. The van der Waals surface area contributed by atoms with Crippen molar-refractivity contribution in [2.75, 3.05) is 20.3 Å². The van der Waals surface area contributed by atoms with E-state index in [0.717, 1.165) is 18.3 Å². The maximum Gasteiger partial charge on any atom is 0.338 e. The van der Waals surface area contributed by atoms with E-state index in [1.54, 1.807) is 4.57 Å². The van der Waals surface area contributed by atoms with Gasteiger partial charge < -0.3 is 18.6 Å². The fraction of sp³-hybridized carbons (Fsp3) is 0.381. The van der Waals surface area contributed by atoms with E-state index < -0.39 is 23.2 Å². The third kappa shape index (κ3) is 3.78. The highest BCUT2D eigenvalue weighted by atomic mass is 79.9. The normalized spacial score (nSPS) is 17.9. The van der Waals surface area contributed by atoms with E-state index in [1.165, 1.54) is 17.7 Å². The number of hydrogen-bond acceptors (Lipinski definition) is 5. The molecule has 3 heterocycles. The summed E-state index contributed by atoms with van der Waals surface area (Å²) in [7, 11) is 1.22. The van der Waals surface area contributed by atoms with Crippen molar-refractivity contribution in [2.24, 2.45) is 5.41 Å². The average Bonchev–Trinajstić information content (AvgIpc) is 3.24. The Balaban J connectivity index is 1.95. The van der Waals surface area contributed by atoms with Gasteiger partial charge >= 0.3 is 5.97 Å².